The lowest BCUT2D eigenvalue weighted by atomic mass is 9.82. The topological polar surface area (TPSA) is 69.7 Å². The van der Waals surface area contributed by atoms with Gasteiger partial charge >= 0.3 is 6.03 Å². The van der Waals surface area contributed by atoms with Gasteiger partial charge in [0.1, 0.15) is 12.1 Å². The van der Waals surface area contributed by atoms with Gasteiger partial charge in [0.15, 0.2) is 0 Å². The van der Waals surface area contributed by atoms with Crippen molar-refractivity contribution in [3.63, 3.8) is 0 Å². The number of rotatable bonds is 5. The van der Waals surface area contributed by atoms with Crippen LogP contribution in [0.25, 0.3) is 0 Å². The van der Waals surface area contributed by atoms with Crippen molar-refractivity contribution >= 4 is 17.8 Å². The number of carbonyl (C=O) groups excluding carboxylic acids is 3. The number of nitrogens with one attached hydrogen (secondary N) is 1. The fourth-order valence-electron chi connectivity index (χ4n) is 5.15. The van der Waals surface area contributed by atoms with Gasteiger partial charge < -0.3 is 10.2 Å². The quantitative estimate of drug-likeness (QED) is 0.776. The molecule has 0 aromatic heterocycles. The second-order valence-electron chi connectivity index (χ2n) is 8.73. The number of hydrogen-bond donors (Lipinski definition) is 1. The predicted octanol–water partition coefficient (Wildman–Crippen LogP) is 3.26. The van der Waals surface area contributed by atoms with Gasteiger partial charge in [0.05, 0.1) is 0 Å². The first-order chi connectivity index (χ1) is 14.1. The number of amides is 4. The number of imide groups is 1. The van der Waals surface area contributed by atoms with Crippen LogP contribution in [0.5, 0.6) is 0 Å². The first-order valence-corrected chi connectivity index (χ1v) is 11.1. The zero-order chi connectivity index (χ0) is 20.3. The summed E-state index contributed by atoms with van der Waals surface area (Å²) in [5.41, 5.74) is 0.517. The van der Waals surface area contributed by atoms with Crippen molar-refractivity contribution in [2.24, 2.45) is 0 Å². The normalized spacial score (nSPS) is 24.1. The highest BCUT2D eigenvalue weighted by atomic mass is 16.2. The second-order valence-corrected chi connectivity index (χ2v) is 8.73. The fourth-order valence-corrected chi connectivity index (χ4v) is 5.15. The minimum Gasteiger partial charge on any atom is -0.338 e. The third kappa shape index (κ3) is 4.16. The molecular weight excluding hydrogens is 366 g/mol. The van der Waals surface area contributed by atoms with Gasteiger partial charge in [0, 0.05) is 12.6 Å². The lowest BCUT2D eigenvalue weighted by Gasteiger charge is -2.37. The van der Waals surface area contributed by atoms with Gasteiger partial charge in [-0.1, -0.05) is 49.6 Å². The summed E-state index contributed by atoms with van der Waals surface area (Å²) in [5.74, 6) is -0.299. The van der Waals surface area contributed by atoms with Gasteiger partial charge in [-0.15, -0.1) is 0 Å². The van der Waals surface area contributed by atoms with Crippen LogP contribution in [0.3, 0.4) is 0 Å². The lowest BCUT2D eigenvalue weighted by molar-refractivity contribution is -0.141. The van der Waals surface area contributed by atoms with Crippen molar-refractivity contribution in [2.45, 2.75) is 75.8 Å². The summed E-state index contributed by atoms with van der Waals surface area (Å²) in [7, 11) is 0. The van der Waals surface area contributed by atoms with Crippen molar-refractivity contribution < 1.29 is 14.4 Å². The number of urea groups is 1. The molecule has 1 atom stereocenters. The zero-order valence-corrected chi connectivity index (χ0v) is 17.1. The maximum absolute atomic E-state index is 13.1. The van der Waals surface area contributed by atoms with Crippen LogP contribution in [0.2, 0.25) is 0 Å². The Bertz CT molecular complexity index is 758. The summed E-state index contributed by atoms with van der Waals surface area (Å²) in [6, 6.07) is 10.1. The Morgan fingerprint density at radius 3 is 2.55 bits per heavy atom. The van der Waals surface area contributed by atoms with Crippen LogP contribution in [0.15, 0.2) is 30.3 Å². The number of aryl methyl sites for hydroxylation is 1. The van der Waals surface area contributed by atoms with E-state index in [2.05, 4.69) is 17.4 Å². The lowest BCUT2D eigenvalue weighted by Crippen LogP contribution is -2.51. The van der Waals surface area contributed by atoms with Gasteiger partial charge in [0.25, 0.3) is 5.91 Å². The Morgan fingerprint density at radius 2 is 1.79 bits per heavy atom. The van der Waals surface area contributed by atoms with E-state index in [0.29, 0.717) is 19.4 Å². The molecule has 1 N–H and O–H groups in total. The van der Waals surface area contributed by atoms with Crippen molar-refractivity contribution in [3.8, 4) is 0 Å². The molecule has 6 heteroatoms. The molecule has 156 valence electrons. The van der Waals surface area contributed by atoms with Crippen LogP contribution in [0.4, 0.5) is 4.79 Å². The summed E-state index contributed by atoms with van der Waals surface area (Å²) in [5, 5.41) is 2.90. The van der Waals surface area contributed by atoms with Gasteiger partial charge in [-0.25, -0.2) is 4.79 Å². The van der Waals surface area contributed by atoms with E-state index in [1.165, 1.54) is 5.56 Å². The molecule has 3 fully saturated rings. The smallest absolute Gasteiger partial charge is 0.325 e. The number of benzene rings is 1. The maximum Gasteiger partial charge on any atom is 0.325 e. The first-order valence-electron chi connectivity index (χ1n) is 11.1. The standard InChI is InChI=1S/C23H31N3O3/c27-20(17-26-21(28)23(24-22(26)29)14-6-2-7-15-23)25-16-8-5-11-19(25)13-12-18-9-3-1-4-10-18/h1,3-4,9-10,19H,2,5-8,11-17H2,(H,24,29)/t19-/m1/s1. The second kappa shape index (κ2) is 8.56. The summed E-state index contributed by atoms with van der Waals surface area (Å²) < 4.78 is 0. The van der Waals surface area contributed by atoms with E-state index in [9.17, 15) is 14.4 Å². The molecule has 0 unspecified atom stereocenters. The van der Waals surface area contributed by atoms with E-state index in [0.717, 1.165) is 56.3 Å². The van der Waals surface area contributed by atoms with Gasteiger partial charge in [-0.3, -0.25) is 14.5 Å². The Morgan fingerprint density at radius 1 is 1.03 bits per heavy atom. The summed E-state index contributed by atoms with van der Waals surface area (Å²) in [4.78, 5) is 41.6. The summed E-state index contributed by atoms with van der Waals surface area (Å²) in [6.45, 7) is 0.585. The summed E-state index contributed by atoms with van der Waals surface area (Å²) in [6.07, 6.45) is 9.30. The van der Waals surface area contributed by atoms with Crippen molar-refractivity contribution in [1.29, 1.82) is 0 Å². The van der Waals surface area contributed by atoms with Crippen LogP contribution in [-0.2, 0) is 16.0 Å². The Hall–Kier alpha value is -2.37. The van der Waals surface area contributed by atoms with E-state index in [1.807, 2.05) is 23.1 Å². The number of nitrogens with zero attached hydrogens (tertiary/aromatic N) is 2. The number of likely N-dealkylation sites (tertiary alicyclic amines) is 1. The monoisotopic (exact) mass is 397 g/mol. The van der Waals surface area contributed by atoms with Crippen LogP contribution >= 0.6 is 0 Å². The number of piperidine rings is 1. The number of carbonyl (C=O) groups is 3. The Kier molecular flexibility index (Phi) is 5.88. The molecule has 4 amide bonds. The molecule has 2 heterocycles. The van der Waals surface area contributed by atoms with Crippen LogP contribution in [0.1, 0.15) is 63.4 Å². The van der Waals surface area contributed by atoms with Crippen molar-refractivity contribution in [2.75, 3.05) is 13.1 Å². The van der Waals surface area contributed by atoms with Crippen molar-refractivity contribution in [1.82, 2.24) is 15.1 Å². The minimum absolute atomic E-state index is 0.0980. The third-order valence-corrected chi connectivity index (χ3v) is 6.80. The van der Waals surface area contributed by atoms with E-state index >= 15 is 0 Å². The molecule has 0 bridgehead atoms. The molecule has 0 radical (unpaired) electrons. The molecule has 3 aliphatic rings. The highest BCUT2D eigenvalue weighted by molar-refractivity contribution is 6.09. The molecule has 1 aromatic rings. The average Bonchev–Trinajstić information content (AvgIpc) is 2.97. The highest BCUT2D eigenvalue weighted by Gasteiger charge is 2.52. The van der Waals surface area contributed by atoms with Gasteiger partial charge in [-0.05, 0) is 50.5 Å². The fraction of sp³-hybridized carbons (Fsp3) is 0.609. The minimum atomic E-state index is -0.760. The van der Waals surface area contributed by atoms with E-state index < -0.39 is 11.6 Å². The van der Waals surface area contributed by atoms with E-state index in [4.69, 9.17) is 0 Å². The third-order valence-electron chi connectivity index (χ3n) is 6.80. The molecule has 1 spiro atoms. The molecule has 2 aliphatic heterocycles. The molecule has 6 nitrogen and oxygen atoms in total. The SMILES string of the molecule is O=C1NC2(CCCCC2)C(=O)N1CC(=O)N1CCCC[C@@H]1CCc1ccccc1. The van der Waals surface area contributed by atoms with Crippen LogP contribution < -0.4 is 5.32 Å². The molecular formula is C23H31N3O3. The molecule has 29 heavy (non-hydrogen) atoms. The largest absolute Gasteiger partial charge is 0.338 e. The molecule has 1 aromatic carbocycles. The summed E-state index contributed by atoms with van der Waals surface area (Å²) >= 11 is 0. The van der Waals surface area contributed by atoms with Crippen LogP contribution in [0, 0.1) is 0 Å². The van der Waals surface area contributed by atoms with Gasteiger partial charge in [0.2, 0.25) is 5.91 Å². The Labute approximate surface area is 172 Å². The molecule has 2 saturated heterocycles. The predicted molar refractivity (Wildman–Crippen MR) is 110 cm³/mol. The zero-order valence-electron chi connectivity index (χ0n) is 17.1. The van der Waals surface area contributed by atoms with E-state index in [-0.39, 0.29) is 24.4 Å². The first kappa shape index (κ1) is 19.9. The highest BCUT2D eigenvalue weighted by Crippen LogP contribution is 2.33. The van der Waals surface area contributed by atoms with Crippen molar-refractivity contribution in [3.05, 3.63) is 35.9 Å². The molecule has 1 saturated carbocycles. The molecule has 1 aliphatic carbocycles. The maximum atomic E-state index is 13.1. The number of hydrogen-bond acceptors (Lipinski definition) is 3. The Balaban J connectivity index is 1.39. The van der Waals surface area contributed by atoms with Gasteiger partial charge in [-0.2, -0.15) is 0 Å². The van der Waals surface area contributed by atoms with Crippen LogP contribution in [-0.4, -0.2) is 52.3 Å². The van der Waals surface area contributed by atoms with E-state index in [1.54, 1.807) is 0 Å². The average molecular weight is 398 g/mol. The molecule has 4 rings (SSSR count).